The maximum atomic E-state index is 13.2. The van der Waals surface area contributed by atoms with Gasteiger partial charge < -0.3 is 15.7 Å². The molecule has 4 aromatic rings. The Bertz CT molecular complexity index is 1510. The molecule has 0 spiro atoms. The molecular weight excluding hydrogens is 504 g/mol. The van der Waals surface area contributed by atoms with E-state index in [1.165, 1.54) is 12.1 Å². The molecule has 0 aliphatic rings. The molecule has 1 unspecified atom stereocenters. The molecule has 1 heterocycles. The van der Waals surface area contributed by atoms with Crippen LogP contribution in [0.4, 0.5) is 10.5 Å². The van der Waals surface area contributed by atoms with Crippen molar-refractivity contribution in [2.75, 3.05) is 5.32 Å². The first kappa shape index (κ1) is 26.5. The van der Waals surface area contributed by atoms with Crippen molar-refractivity contribution in [3.63, 3.8) is 0 Å². The number of aliphatic carboxylic acids is 1. The van der Waals surface area contributed by atoms with Gasteiger partial charge in [-0.15, -0.1) is 0 Å². The second-order valence-corrected chi connectivity index (χ2v) is 10.2. The predicted octanol–water partition coefficient (Wildman–Crippen LogP) is 4.56. The third kappa shape index (κ3) is 7.25. The Morgan fingerprint density at radius 3 is 2.32 bits per heavy atom. The van der Waals surface area contributed by atoms with E-state index >= 15 is 0 Å². The van der Waals surface area contributed by atoms with E-state index in [0.717, 1.165) is 5.56 Å². The topological polar surface area (TPSA) is 137 Å². The highest BCUT2D eigenvalue weighted by Crippen LogP contribution is 2.26. The van der Waals surface area contributed by atoms with Gasteiger partial charge >= 0.3 is 12.0 Å². The van der Waals surface area contributed by atoms with Gasteiger partial charge in [0.05, 0.1) is 17.4 Å². The van der Waals surface area contributed by atoms with E-state index in [1.54, 1.807) is 85.2 Å². The molecule has 3 aromatic carbocycles. The molecule has 1 atom stereocenters. The number of nitrogens with zero attached hydrogens (tertiary/aromatic N) is 1. The second kappa shape index (κ2) is 12.1. The van der Waals surface area contributed by atoms with Crippen LogP contribution in [-0.4, -0.2) is 30.5 Å². The lowest BCUT2D eigenvalue weighted by Crippen LogP contribution is -2.30. The van der Waals surface area contributed by atoms with Gasteiger partial charge in [-0.25, -0.2) is 17.9 Å². The number of amides is 2. The highest BCUT2D eigenvalue weighted by molar-refractivity contribution is 7.89. The summed E-state index contributed by atoms with van der Waals surface area (Å²) < 4.78 is 28.9. The van der Waals surface area contributed by atoms with Crippen LogP contribution >= 0.6 is 0 Å². The monoisotopic (exact) mass is 530 g/mol. The Labute approximate surface area is 220 Å². The van der Waals surface area contributed by atoms with Crippen molar-refractivity contribution in [2.24, 2.45) is 0 Å². The number of sulfonamides is 1. The van der Waals surface area contributed by atoms with Crippen molar-refractivity contribution in [1.29, 1.82) is 0 Å². The quantitative estimate of drug-likeness (QED) is 0.237. The van der Waals surface area contributed by atoms with Gasteiger partial charge in [0.15, 0.2) is 0 Å². The highest BCUT2D eigenvalue weighted by Gasteiger charge is 2.24. The first-order chi connectivity index (χ1) is 18.3. The molecule has 0 aliphatic heterocycles. The van der Waals surface area contributed by atoms with Crippen LogP contribution in [0.15, 0.2) is 108 Å². The van der Waals surface area contributed by atoms with Crippen LogP contribution in [0.1, 0.15) is 23.6 Å². The lowest BCUT2D eigenvalue weighted by molar-refractivity contribution is -0.137. The minimum absolute atomic E-state index is 0.00565. The van der Waals surface area contributed by atoms with Crippen molar-refractivity contribution in [1.82, 2.24) is 15.0 Å². The average molecular weight is 531 g/mol. The van der Waals surface area contributed by atoms with Crippen molar-refractivity contribution in [3.8, 4) is 11.1 Å². The summed E-state index contributed by atoms with van der Waals surface area (Å²) in [6, 6.07) is 24.2. The fourth-order valence-electron chi connectivity index (χ4n) is 3.82. The Balaban J connectivity index is 1.49. The number of benzene rings is 3. The number of hydrogen-bond donors (Lipinski definition) is 4. The second-order valence-electron chi connectivity index (χ2n) is 8.46. The number of urea groups is 1. The summed E-state index contributed by atoms with van der Waals surface area (Å²) in [6.07, 6.45) is 2.92. The molecule has 38 heavy (non-hydrogen) atoms. The highest BCUT2D eigenvalue weighted by atomic mass is 32.2. The SMILES string of the molecule is O=C(O)CC(NS(=O)(=O)c1cccc(-c2cccc(NC(=O)NCc3cccnc3)c2)c1)c1ccccc1. The molecule has 4 N–H and O–H groups in total. The summed E-state index contributed by atoms with van der Waals surface area (Å²) >= 11 is 0. The zero-order chi connectivity index (χ0) is 27.0. The minimum atomic E-state index is -4.04. The first-order valence-electron chi connectivity index (χ1n) is 11.7. The molecule has 0 radical (unpaired) electrons. The Hall–Kier alpha value is -4.54. The van der Waals surface area contributed by atoms with Crippen molar-refractivity contribution in [2.45, 2.75) is 23.9 Å². The molecule has 1 aromatic heterocycles. The van der Waals surface area contributed by atoms with Gasteiger partial charge in [-0.3, -0.25) is 9.78 Å². The van der Waals surface area contributed by atoms with Crippen LogP contribution in [0.25, 0.3) is 11.1 Å². The smallest absolute Gasteiger partial charge is 0.319 e. The van der Waals surface area contributed by atoms with E-state index < -0.39 is 34.5 Å². The number of carbonyl (C=O) groups is 2. The van der Waals surface area contributed by atoms with Crippen LogP contribution in [0.2, 0.25) is 0 Å². The molecule has 2 amide bonds. The summed E-state index contributed by atoms with van der Waals surface area (Å²) in [5.41, 5.74) is 3.25. The fourth-order valence-corrected chi connectivity index (χ4v) is 5.09. The molecule has 0 saturated carbocycles. The summed E-state index contributed by atoms with van der Waals surface area (Å²) in [5.74, 6) is -1.12. The number of anilines is 1. The van der Waals surface area contributed by atoms with Crippen LogP contribution in [0.3, 0.4) is 0 Å². The number of carboxylic acids is 1. The van der Waals surface area contributed by atoms with Crippen LogP contribution < -0.4 is 15.4 Å². The lowest BCUT2D eigenvalue weighted by Gasteiger charge is -2.18. The van der Waals surface area contributed by atoms with Gasteiger partial charge in [-0.2, -0.15) is 0 Å². The van der Waals surface area contributed by atoms with E-state index in [1.807, 2.05) is 6.07 Å². The Kier molecular flexibility index (Phi) is 8.47. The normalized spacial score (nSPS) is 11.9. The number of carbonyl (C=O) groups excluding carboxylic acids is 1. The summed E-state index contributed by atoms with van der Waals surface area (Å²) in [6.45, 7) is 0.318. The van der Waals surface area contributed by atoms with E-state index in [4.69, 9.17) is 0 Å². The molecule has 4 rings (SSSR count). The van der Waals surface area contributed by atoms with Gasteiger partial charge in [0.2, 0.25) is 10.0 Å². The standard InChI is InChI=1S/C28H26N4O5S/c33-27(34)17-26(21-8-2-1-3-9-21)32-38(36,37)25-13-5-11-23(16-25)22-10-4-12-24(15-22)31-28(35)30-19-20-7-6-14-29-18-20/h1-16,18,26,32H,17,19H2,(H,33,34)(H2,30,31,35). The number of pyridine rings is 1. The average Bonchev–Trinajstić information content (AvgIpc) is 2.92. The minimum Gasteiger partial charge on any atom is -0.481 e. The van der Waals surface area contributed by atoms with Crippen molar-refractivity contribution < 1.29 is 23.1 Å². The van der Waals surface area contributed by atoms with E-state index in [9.17, 15) is 23.1 Å². The summed E-state index contributed by atoms with van der Waals surface area (Å²) in [5, 5.41) is 14.8. The molecule has 0 aliphatic carbocycles. The van der Waals surface area contributed by atoms with Crippen molar-refractivity contribution >= 4 is 27.7 Å². The first-order valence-corrected chi connectivity index (χ1v) is 13.2. The van der Waals surface area contributed by atoms with Crippen LogP contribution in [0.5, 0.6) is 0 Å². The fraction of sp³-hybridized carbons (Fsp3) is 0.107. The Morgan fingerprint density at radius 2 is 1.61 bits per heavy atom. The lowest BCUT2D eigenvalue weighted by atomic mass is 10.1. The van der Waals surface area contributed by atoms with Gasteiger partial charge in [0.1, 0.15) is 0 Å². The number of rotatable bonds is 10. The number of aromatic nitrogens is 1. The van der Waals surface area contributed by atoms with Gasteiger partial charge in [-0.1, -0.05) is 60.7 Å². The van der Waals surface area contributed by atoms with E-state index in [0.29, 0.717) is 28.9 Å². The largest absolute Gasteiger partial charge is 0.481 e. The predicted molar refractivity (Wildman–Crippen MR) is 144 cm³/mol. The molecule has 9 nitrogen and oxygen atoms in total. The number of carboxylic acid groups (broad SMARTS) is 1. The molecule has 0 fully saturated rings. The summed E-state index contributed by atoms with van der Waals surface area (Å²) in [4.78, 5) is 27.7. The molecule has 10 heteroatoms. The summed E-state index contributed by atoms with van der Waals surface area (Å²) in [7, 11) is -4.04. The zero-order valence-corrected chi connectivity index (χ0v) is 21.1. The molecular formula is C28H26N4O5S. The van der Waals surface area contributed by atoms with E-state index in [-0.39, 0.29) is 4.90 Å². The maximum absolute atomic E-state index is 13.2. The molecule has 0 saturated heterocycles. The Morgan fingerprint density at radius 1 is 0.868 bits per heavy atom. The van der Waals surface area contributed by atoms with Crippen LogP contribution in [-0.2, 0) is 21.4 Å². The van der Waals surface area contributed by atoms with Gasteiger partial charge in [-0.05, 0) is 52.6 Å². The molecule has 194 valence electrons. The zero-order valence-electron chi connectivity index (χ0n) is 20.2. The third-order valence-electron chi connectivity index (χ3n) is 5.65. The molecule has 0 bridgehead atoms. The van der Waals surface area contributed by atoms with Gasteiger partial charge in [0.25, 0.3) is 0 Å². The van der Waals surface area contributed by atoms with Crippen molar-refractivity contribution in [3.05, 3.63) is 115 Å². The van der Waals surface area contributed by atoms with Gasteiger partial charge in [0, 0.05) is 24.6 Å². The van der Waals surface area contributed by atoms with Crippen LogP contribution in [0, 0.1) is 0 Å². The third-order valence-corrected chi connectivity index (χ3v) is 7.12. The number of hydrogen-bond acceptors (Lipinski definition) is 5. The number of nitrogens with one attached hydrogen (secondary N) is 3. The van der Waals surface area contributed by atoms with E-state index in [2.05, 4.69) is 20.3 Å². The maximum Gasteiger partial charge on any atom is 0.319 e.